The topological polar surface area (TPSA) is 82.5 Å². The minimum atomic E-state index is -0.948. The van der Waals surface area contributed by atoms with Crippen LogP contribution in [0.5, 0.6) is 0 Å². The van der Waals surface area contributed by atoms with E-state index >= 15 is 0 Å². The van der Waals surface area contributed by atoms with E-state index in [0.29, 0.717) is 21.2 Å². The van der Waals surface area contributed by atoms with E-state index in [-0.39, 0.29) is 30.3 Å². The van der Waals surface area contributed by atoms with E-state index in [1.807, 2.05) is 25.1 Å². The molecule has 1 aliphatic rings. The monoisotopic (exact) mass is 611 g/mol. The number of carbonyl (C=O) groups excluding carboxylic acids is 1. The highest BCUT2D eigenvalue weighted by molar-refractivity contribution is 9.10. The summed E-state index contributed by atoms with van der Waals surface area (Å²) in [6.45, 7) is 3.87. The van der Waals surface area contributed by atoms with Gasteiger partial charge in [-0.2, -0.15) is 0 Å². The number of pyridine rings is 1. The van der Waals surface area contributed by atoms with Crippen molar-refractivity contribution in [3.8, 4) is 0 Å². The maximum atomic E-state index is 13.7. The molecular formula is C26H25BrCl3N3O3. The number of nitrogens with zero attached hydrogens (tertiary/aromatic N) is 2. The van der Waals surface area contributed by atoms with E-state index in [0.717, 1.165) is 52.7 Å². The molecule has 2 heterocycles. The lowest BCUT2D eigenvalue weighted by Gasteiger charge is -2.23. The molecule has 4 rings (SSSR count). The first kappa shape index (κ1) is 27.0. The Labute approximate surface area is 233 Å². The number of carboxylic acids is 1. The Morgan fingerprint density at radius 1 is 1.14 bits per heavy atom. The molecule has 1 unspecified atom stereocenters. The van der Waals surface area contributed by atoms with Gasteiger partial charge in [0.15, 0.2) is 0 Å². The van der Waals surface area contributed by atoms with E-state index in [2.05, 4.69) is 26.1 Å². The van der Waals surface area contributed by atoms with Crippen LogP contribution in [0.15, 0.2) is 34.8 Å². The smallest absolute Gasteiger partial charge is 0.303 e. The summed E-state index contributed by atoms with van der Waals surface area (Å²) in [6.07, 6.45) is 2.31. The average Bonchev–Trinajstić information content (AvgIpc) is 3.37. The zero-order chi connectivity index (χ0) is 26.0. The van der Waals surface area contributed by atoms with Crippen molar-refractivity contribution in [2.75, 3.05) is 24.5 Å². The number of nitrogens with one attached hydrogen (secondary N) is 1. The molecule has 2 aromatic carbocycles. The van der Waals surface area contributed by atoms with Gasteiger partial charge < -0.3 is 15.3 Å². The van der Waals surface area contributed by atoms with Crippen molar-refractivity contribution in [1.82, 2.24) is 10.3 Å². The fraction of sp³-hybridized carbons (Fsp3) is 0.346. The Kier molecular flexibility index (Phi) is 8.66. The van der Waals surface area contributed by atoms with Crippen molar-refractivity contribution in [2.24, 2.45) is 0 Å². The number of carboxylic acid groups (broad SMARTS) is 1. The lowest BCUT2D eigenvalue weighted by atomic mass is 9.93. The SMILES string of the molecule is Cc1c(N2CCCC2)nc2ccc(Br)cc2c1C(=O)NCC(CCC(=O)O)c1c(Cl)ccc(Cl)c1Cl. The summed E-state index contributed by atoms with van der Waals surface area (Å²) < 4.78 is 0.844. The number of fused-ring (bicyclic) bond motifs is 1. The molecule has 1 amide bonds. The molecule has 36 heavy (non-hydrogen) atoms. The first-order valence-electron chi connectivity index (χ1n) is 11.7. The molecule has 2 N–H and O–H groups in total. The predicted molar refractivity (Wildman–Crippen MR) is 149 cm³/mol. The third kappa shape index (κ3) is 5.75. The van der Waals surface area contributed by atoms with Crippen LogP contribution >= 0.6 is 50.7 Å². The van der Waals surface area contributed by atoms with Crippen molar-refractivity contribution in [3.05, 3.63) is 66.6 Å². The van der Waals surface area contributed by atoms with Crippen LogP contribution in [-0.4, -0.2) is 41.6 Å². The molecular weight excluding hydrogens is 589 g/mol. The second-order valence-corrected chi connectivity index (χ2v) is 11.0. The Bertz CT molecular complexity index is 1330. The Morgan fingerprint density at radius 3 is 2.53 bits per heavy atom. The quantitative estimate of drug-likeness (QED) is 0.262. The second-order valence-electron chi connectivity index (χ2n) is 8.89. The van der Waals surface area contributed by atoms with Gasteiger partial charge in [0.05, 0.1) is 21.1 Å². The molecule has 0 spiro atoms. The van der Waals surface area contributed by atoms with Gasteiger partial charge in [-0.15, -0.1) is 0 Å². The zero-order valence-electron chi connectivity index (χ0n) is 19.6. The van der Waals surface area contributed by atoms with Crippen molar-refractivity contribution in [3.63, 3.8) is 0 Å². The summed E-state index contributed by atoms with van der Waals surface area (Å²) in [6, 6.07) is 8.92. The van der Waals surface area contributed by atoms with Gasteiger partial charge in [-0.1, -0.05) is 50.7 Å². The van der Waals surface area contributed by atoms with Gasteiger partial charge in [-0.05, 0) is 62.1 Å². The highest BCUT2D eigenvalue weighted by atomic mass is 79.9. The molecule has 1 saturated heterocycles. The maximum absolute atomic E-state index is 13.7. The summed E-state index contributed by atoms with van der Waals surface area (Å²) in [5.74, 6) is -0.845. The summed E-state index contributed by atoms with van der Waals surface area (Å²) in [4.78, 5) is 32.1. The lowest BCUT2D eigenvalue weighted by Crippen LogP contribution is -2.31. The van der Waals surface area contributed by atoms with Gasteiger partial charge in [-0.25, -0.2) is 4.98 Å². The first-order chi connectivity index (χ1) is 17.2. The molecule has 0 aliphatic carbocycles. The number of aliphatic carboxylic acids is 1. The van der Waals surface area contributed by atoms with Crippen molar-refractivity contribution in [1.29, 1.82) is 0 Å². The van der Waals surface area contributed by atoms with Gasteiger partial charge >= 0.3 is 5.97 Å². The largest absolute Gasteiger partial charge is 0.481 e. The van der Waals surface area contributed by atoms with E-state index in [1.54, 1.807) is 12.1 Å². The molecule has 1 aromatic heterocycles. The number of hydrogen-bond acceptors (Lipinski definition) is 4. The van der Waals surface area contributed by atoms with E-state index in [4.69, 9.17) is 39.8 Å². The average molecular weight is 614 g/mol. The number of amides is 1. The van der Waals surface area contributed by atoms with Crippen molar-refractivity contribution >= 4 is 79.3 Å². The van der Waals surface area contributed by atoms with E-state index < -0.39 is 11.9 Å². The van der Waals surface area contributed by atoms with E-state index in [1.165, 1.54) is 0 Å². The number of hydrogen-bond donors (Lipinski definition) is 2. The minimum Gasteiger partial charge on any atom is -0.481 e. The standard InChI is InChI=1S/C26H25BrCl3N3O3/c1-14-22(17-12-16(27)5-8-20(17)32-25(14)33-10-2-3-11-33)26(36)31-13-15(4-9-21(34)35)23-18(28)6-7-19(29)24(23)30/h5-8,12,15H,2-4,9-11,13H2,1H3,(H,31,36)(H,34,35). The Hall–Kier alpha value is -2.06. The van der Waals surface area contributed by atoms with Crippen LogP contribution in [0.2, 0.25) is 15.1 Å². The molecule has 3 aromatic rings. The summed E-state index contributed by atoms with van der Waals surface area (Å²) in [5.41, 5.74) is 2.62. The fourth-order valence-corrected chi connectivity index (χ4v) is 5.92. The van der Waals surface area contributed by atoms with Gasteiger partial charge in [0.1, 0.15) is 5.82 Å². The minimum absolute atomic E-state index is 0.108. The van der Waals surface area contributed by atoms with Crippen molar-refractivity contribution < 1.29 is 14.7 Å². The third-order valence-corrected chi connectivity index (χ3v) is 8.14. The number of halogens is 4. The molecule has 0 radical (unpaired) electrons. The zero-order valence-corrected chi connectivity index (χ0v) is 23.4. The number of anilines is 1. The Morgan fingerprint density at radius 2 is 1.83 bits per heavy atom. The lowest BCUT2D eigenvalue weighted by molar-refractivity contribution is -0.137. The van der Waals surface area contributed by atoms with Crippen LogP contribution in [0.4, 0.5) is 5.82 Å². The fourth-order valence-electron chi connectivity index (χ4n) is 4.71. The maximum Gasteiger partial charge on any atom is 0.303 e. The Balaban J connectivity index is 1.70. The molecule has 1 atom stereocenters. The van der Waals surface area contributed by atoms with Gasteiger partial charge in [0.2, 0.25) is 0 Å². The van der Waals surface area contributed by atoms with Crippen LogP contribution in [0, 0.1) is 6.92 Å². The highest BCUT2D eigenvalue weighted by Crippen LogP contribution is 2.38. The normalized spacial score (nSPS) is 14.3. The van der Waals surface area contributed by atoms with E-state index in [9.17, 15) is 14.7 Å². The summed E-state index contributed by atoms with van der Waals surface area (Å²) >= 11 is 22.6. The van der Waals surface area contributed by atoms with Crippen LogP contribution in [-0.2, 0) is 4.79 Å². The van der Waals surface area contributed by atoms with Crippen LogP contribution in [0.3, 0.4) is 0 Å². The molecule has 1 fully saturated rings. The van der Waals surface area contributed by atoms with Crippen LogP contribution < -0.4 is 10.2 Å². The van der Waals surface area contributed by atoms with Gasteiger partial charge in [-0.3, -0.25) is 9.59 Å². The van der Waals surface area contributed by atoms with Gasteiger partial charge in [0.25, 0.3) is 5.91 Å². The van der Waals surface area contributed by atoms with Gasteiger partial charge in [0, 0.05) is 52.4 Å². The molecule has 6 nitrogen and oxygen atoms in total. The highest BCUT2D eigenvalue weighted by Gasteiger charge is 2.26. The third-order valence-electron chi connectivity index (χ3n) is 6.50. The molecule has 0 bridgehead atoms. The van der Waals surface area contributed by atoms with Crippen molar-refractivity contribution in [2.45, 2.75) is 38.5 Å². The first-order valence-corrected chi connectivity index (χ1v) is 13.6. The number of aromatic nitrogens is 1. The number of rotatable bonds is 8. The summed E-state index contributed by atoms with van der Waals surface area (Å²) in [5, 5.41) is 14.0. The number of carbonyl (C=O) groups is 2. The molecule has 0 saturated carbocycles. The number of benzene rings is 2. The molecule has 10 heteroatoms. The van der Waals surface area contributed by atoms with Crippen LogP contribution in [0.1, 0.15) is 53.1 Å². The predicted octanol–water partition coefficient (Wildman–Crippen LogP) is 7.24. The molecule has 190 valence electrons. The van der Waals surface area contributed by atoms with Crippen LogP contribution in [0.25, 0.3) is 10.9 Å². The second kappa shape index (κ2) is 11.5. The summed E-state index contributed by atoms with van der Waals surface area (Å²) in [7, 11) is 0. The molecule has 1 aliphatic heterocycles.